The summed E-state index contributed by atoms with van der Waals surface area (Å²) in [5.41, 5.74) is 1.63. The van der Waals surface area contributed by atoms with E-state index in [1.54, 1.807) is 0 Å². The molecule has 2 atom stereocenters. The van der Waals surface area contributed by atoms with E-state index in [1.807, 2.05) is 30.3 Å². The molecule has 106 valence electrons. The van der Waals surface area contributed by atoms with Crippen LogP contribution in [0.15, 0.2) is 30.3 Å². The summed E-state index contributed by atoms with van der Waals surface area (Å²) in [4.78, 5) is 7.11. The van der Waals surface area contributed by atoms with Crippen molar-refractivity contribution in [3.63, 3.8) is 0 Å². The Morgan fingerprint density at radius 2 is 2.19 bits per heavy atom. The lowest BCUT2D eigenvalue weighted by atomic mass is 9.94. The molecule has 2 aliphatic rings. The van der Waals surface area contributed by atoms with E-state index in [2.05, 4.69) is 16.3 Å². The zero-order valence-corrected chi connectivity index (χ0v) is 11.9. The van der Waals surface area contributed by atoms with Gasteiger partial charge in [-0.05, 0) is 37.4 Å². The van der Waals surface area contributed by atoms with Crippen LogP contribution in [0.3, 0.4) is 0 Å². The van der Waals surface area contributed by atoms with Crippen molar-refractivity contribution >= 4 is 16.7 Å². The van der Waals surface area contributed by atoms with Gasteiger partial charge in [-0.3, -0.25) is 0 Å². The van der Waals surface area contributed by atoms with Crippen molar-refractivity contribution in [3.05, 3.63) is 35.9 Å². The van der Waals surface area contributed by atoms with Gasteiger partial charge in [0.05, 0.1) is 17.1 Å². The van der Waals surface area contributed by atoms with Crippen molar-refractivity contribution in [2.75, 3.05) is 24.5 Å². The molecule has 4 rings (SSSR count). The summed E-state index contributed by atoms with van der Waals surface area (Å²) in [5.74, 6) is 1.67. The van der Waals surface area contributed by atoms with Gasteiger partial charge in [-0.15, -0.1) is 0 Å². The van der Waals surface area contributed by atoms with Crippen LogP contribution < -0.4 is 10.2 Å². The highest BCUT2D eigenvalue weighted by Gasteiger charge is 2.34. The third kappa shape index (κ3) is 2.14. The number of benzene rings is 1. The average Bonchev–Trinajstić information content (AvgIpc) is 2.98. The van der Waals surface area contributed by atoms with Gasteiger partial charge < -0.3 is 10.2 Å². The molecule has 0 spiro atoms. The highest BCUT2D eigenvalue weighted by Crippen LogP contribution is 2.30. The van der Waals surface area contributed by atoms with E-state index in [1.165, 1.54) is 12.8 Å². The molecular formula is C17H18N4. The van der Waals surface area contributed by atoms with Crippen LogP contribution in [-0.4, -0.2) is 30.7 Å². The third-order valence-corrected chi connectivity index (χ3v) is 4.75. The summed E-state index contributed by atoms with van der Waals surface area (Å²) in [6.45, 7) is 3.18. The predicted molar refractivity (Wildman–Crippen MR) is 83.2 cm³/mol. The first-order chi connectivity index (χ1) is 10.3. The van der Waals surface area contributed by atoms with Gasteiger partial charge in [0.25, 0.3) is 0 Å². The van der Waals surface area contributed by atoms with Gasteiger partial charge in [0.1, 0.15) is 5.82 Å². The van der Waals surface area contributed by atoms with Gasteiger partial charge >= 0.3 is 0 Å². The molecular weight excluding hydrogens is 260 g/mol. The highest BCUT2D eigenvalue weighted by atomic mass is 15.2. The van der Waals surface area contributed by atoms with Crippen molar-refractivity contribution in [2.24, 2.45) is 5.92 Å². The minimum absolute atomic E-state index is 0.581. The summed E-state index contributed by atoms with van der Waals surface area (Å²) in [7, 11) is 0. The molecule has 1 aromatic carbocycles. The average molecular weight is 278 g/mol. The van der Waals surface area contributed by atoms with Gasteiger partial charge in [0, 0.05) is 24.5 Å². The molecule has 1 N–H and O–H groups in total. The molecule has 2 aromatic rings. The van der Waals surface area contributed by atoms with Crippen LogP contribution in [0.25, 0.3) is 10.9 Å². The number of aromatic nitrogens is 1. The standard InChI is InChI=1S/C17H18N4/c18-9-13-8-17(20-15-6-2-1-5-14(13)15)21-10-12-4-3-7-19-16(12)11-21/h1-2,5-6,8,12,16,19H,3-4,7,10-11H2/t12-,16+/m0/s1. The van der Waals surface area contributed by atoms with Gasteiger partial charge in [-0.2, -0.15) is 5.26 Å². The molecule has 4 nitrogen and oxygen atoms in total. The molecule has 2 saturated heterocycles. The highest BCUT2D eigenvalue weighted by molar-refractivity contribution is 5.86. The van der Waals surface area contributed by atoms with Crippen molar-refractivity contribution in [3.8, 4) is 6.07 Å². The smallest absolute Gasteiger partial charge is 0.130 e. The zero-order valence-electron chi connectivity index (χ0n) is 11.9. The van der Waals surface area contributed by atoms with Crippen LogP contribution in [0, 0.1) is 17.2 Å². The Balaban J connectivity index is 1.72. The second kappa shape index (κ2) is 5.01. The van der Waals surface area contributed by atoms with Crippen LogP contribution in [0.1, 0.15) is 18.4 Å². The van der Waals surface area contributed by atoms with Gasteiger partial charge in [-0.1, -0.05) is 18.2 Å². The minimum atomic E-state index is 0.581. The monoisotopic (exact) mass is 278 g/mol. The topological polar surface area (TPSA) is 52.0 Å². The lowest BCUT2D eigenvalue weighted by Gasteiger charge is -2.24. The first-order valence-corrected chi connectivity index (χ1v) is 7.63. The fraction of sp³-hybridized carbons (Fsp3) is 0.412. The van der Waals surface area contributed by atoms with E-state index < -0.39 is 0 Å². The van der Waals surface area contributed by atoms with E-state index in [9.17, 15) is 5.26 Å². The Bertz CT molecular complexity index is 704. The maximum absolute atomic E-state index is 9.40. The van der Waals surface area contributed by atoms with E-state index in [4.69, 9.17) is 4.98 Å². The molecule has 21 heavy (non-hydrogen) atoms. The number of pyridine rings is 1. The van der Waals surface area contributed by atoms with Crippen LogP contribution >= 0.6 is 0 Å². The minimum Gasteiger partial charge on any atom is -0.355 e. The Morgan fingerprint density at radius 1 is 1.29 bits per heavy atom. The van der Waals surface area contributed by atoms with Gasteiger partial charge in [0.15, 0.2) is 0 Å². The Hall–Kier alpha value is -2.12. The predicted octanol–water partition coefficient (Wildman–Crippen LogP) is 2.29. The number of rotatable bonds is 1. The normalized spacial score (nSPS) is 24.8. The number of nitrogens with one attached hydrogen (secondary N) is 1. The number of anilines is 1. The van der Waals surface area contributed by atoms with Gasteiger partial charge in [0.2, 0.25) is 0 Å². The molecule has 2 aliphatic heterocycles. The fourth-order valence-corrected chi connectivity index (χ4v) is 3.65. The van der Waals surface area contributed by atoms with Crippen molar-refractivity contribution in [1.82, 2.24) is 10.3 Å². The van der Waals surface area contributed by atoms with E-state index in [0.29, 0.717) is 6.04 Å². The number of piperidine rings is 1. The first-order valence-electron chi connectivity index (χ1n) is 7.63. The molecule has 0 radical (unpaired) electrons. The second-order valence-corrected chi connectivity index (χ2v) is 6.02. The number of fused-ring (bicyclic) bond motifs is 2. The van der Waals surface area contributed by atoms with Crippen LogP contribution in [0.2, 0.25) is 0 Å². The molecule has 4 heteroatoms. The number of hydrogen-bond acceptors (Lipinski definition) is 4. The Morgan fingerprint density at radius 3 is 3.05 bits per heavy atom. The van der Waals surface area contributed by atoms with E-state index in [0.717, 1.165) is 47.8 Å². The van der Waals surface area contributed by atoms with Crippen LogP contribution in [0.5, 0.6) is 0 Å². The summed E-state index contributed by atoms with van der Waals surface area (Å²) in [6, 6.07) is 12.7. The number of nitrogens with zero attached hydrogens (tertiary/aromatic N) is 3. The SMILES string of the molecule is N#Cc1cc(N2C[C@@H]3CCCN[C@@H]3C2)nc2ccccc12. The Kier molecular flexibility index (Phi) is 3.01. The maximum Gasteiger partial charge on any atom is 0.130 e. The molecule has 3 heterocycles. The summed E-state index contributed by atoms with van der Waals surface area (Å²) >= 11 is 0. The first kappa shape index (κ1) is 12.6. The summed E-state index contributed by atoms with van der Waals surface area (Å²) < 4.78 is 0. The molecule has 0 saturated carbocycles. The van der Waals surface area contributed by atoms with Crippen molar-refractivity contribution < 1.29 is 0 Å². The fourth-order valence-electron chi connectivity index (χ4n) is 3.65. The number of para-hydroxylation sites is 1. The van der Waals surface area contributed by atoms with Crippen LogP contribution in [-0.2, 0) is 0 Å². The quantitative estimate of drug-likeness (QED) is 0.869. The Labute approximate surface area is 124 Å². The molecule has 0 amide bonds. The largest absolute Gasteiger partial charge is 0.355 e. The maximum atomic E-state index is 9.40. The second-order valence-electron chi connectivity index (χ2n) is 6.02. The number of nitriles is 1. The lowest BCUT2D eigenvalue weighted by Crippen LogP contribution is -2.40. The molecule has 0 bridgehead atoms. The van der Waals surface area contributed by atoms with Crippen molar-refractivity contribution in [2.45, 2.75) is 18.9 Å². The zero-order chi connectivity index (χ0) is 14.2. The molecule has 2 fully saturated rings. The van der Waals surface area contributed by atoms with E-state index >= 15 is 0 Å². The molecule has 1 aromatic heterocycles. The third-order valence-electron chi connectivity index (χ3n) is 4.75. The summed E-state index contributed by atoms with van der Waals surface area (Å²) in [5, 5.41) is 14.0. The van der Waals surface area contributed by atoms with Crippen molar-refractivity contribution in [1.29, 1.82) is 5.26 Å². The number of hydrogen-bond donors (Lipinski definition) is 1. The van der Waals surface area contributed by atoms with Gasteiger partial charge in [-0.25, -0.2) is 4.98 Å². The molecule has 0 aliphatic carbocycles. The summed E-state index contributed by atoms with van der Waals surface area (Å²) in [6.07, 6.45) is 2.57. The van der Waals surface area contributed by atoms with Crippen LogP contribution in [0.4, 0.5) is 5.82 Å². The van der Waals surface area contributed by atoms with E-state index in [-0.39, 0.29) is 0 Å². The molecule has 0 unspecified atom stereocenters. The lowest BCUT2D eigenvalue weighted by molar-refractivity contribution is 0.340.